The number of amides is 1. The highest BCUT2D eigenvalue weighted by molar-refractivity contribution is 7.94. The van der Waals surface area contributed by atoms with Gasteiger partial charge in [-0.2, -0.15) is 8.42 Å². The highest BCUT2D eigenvalue weighted by Crippen LogP contribution is 2.42. The Morgan fingerprint density at radius 3 is 2.54 bits per heavy atom. The number of hydrogen-bond donors (Lipinski definition) is 1. The highest BCUT2D eigenvalue weighted by Gasteiger charge is 2.42. The minimum absolute atomic E-state index is 0.0614. The summed E-state index contributed by atoms with van der Waals surface area (Å²) in [4.78, 5) is 14.2. The van der Waals surface area contributed by atoms with Crippen LogP contribution in [0, 0.1) is 0 Å². The Bertz CT molecular complexity index is 937. The van der Waals surface area contributed by atoms with Gasteiger partial charge in [0.05, 0.1) is 30.7 Å². The second kappa shape index (κ2) is 7.48. The number of para-hydroxylation sites is 2. The van der Waals surface area contributed by atoms with Crippen LogP contribution < -0.4 is 13.9 Å². The summed E-state index contributed by atoms with van der Waals surface area (Å²) in [6.07, 6.45) is 2.95. The quantitative estimate of drug-likeness (QED) is 0.817. The summed E-state index contributed by atoms with van der Waals surface area (Å²) < 4.78 is 33.8. The zero-order valence-electron chi connectivity index (χ0n) is 15.7. The normalized spacial score (nSPS) is 19.6. The summed E-state index contributed by atoms with van der Waals surface area (Å²) in [7, 11) is -1.95. The number of hydrogen-bond acceptors (Lipinski definition) is 5. The third-order valence-electron chi connectivity index (χ3n) is 5.35. The average molecular weight is 404 g/mol. The van der Waals surface area contributed by atoms with Gasteiger partial charge < -0.3 is 9.73 Å². The third-order valence-corrected chi connectivity index (χ3v) is 7.23. The largest absolute Gasteiger partial charge is 0.467 e. The fourth-order valence-electron chi connectivity index (χ4n) is 3.85. The smallest absolute Gasteiger partial charge is 0.326 e. The van der Waals surface area contributed by atoms with Crippen molar-refractivity contribution in [3.63, 3.8) is 0 Å². The number of nitrogens with one attached hydrogen (secondary N) is 1. The molecule has 0 unspecified atom stereocenters. The Kier molecular flexibility index (Phi) is 5.03. The Morgan fingerprint density at radius 2 is 1.86 bits per heavy atom. The molecule has 4 rings (SSSR count). The summed E-state index contributed by atoms with van der Waals surface area (Å²) in [5.74, 6) is 0.655. The molecular formula is C19H24N4O4S. The van der Waals surface area contributed by atoms with Crippen LogP contribution in [-0.2, 0) is 21.5 Å². The van der Waals surface area contributed by atoms with E-state index in [2.05, 4.69) is 10.2 Å². The Balaban J connectivity index is 1.35. The van der Waals surface area contributed by atoms with Gasteiger partial charge in [0.15, 0.2) is 0 Å². The molecule has 150 valence electrons. The fraction of sp³-hybridized carbons (Fsp3) is 0.421. The van der Waals surface area contributed by atoms with Crippen LogP contribution in [0.3, 0.4) is 0 Å². The summed E-state index contributed by atoms with van der Waals surface area (Å²) in [5, 5.41) is 2.84. The van der Waals surface area contributed by atoms with Gasteiger partial charge in [-0.05, 0) is 37.1 Å². The molecule has 2 aliphatic heterocycles. The number of rotatable bonds is 5. The van der Waals surface area contributed by atoms with Crippen LogP contribution in [0.2, 0.25) is 0 Å². The van der Waals surface area contributed by atoms with E-state index in [9.17, 15) is 13.2 Å². The van der Waals surface area contributed by atoms with E-state index in [4.69, 9.17) is 4.42 Å². The van der Waals surface area contributed by atoms with Gasteiger partial charge in [-0.25, -0.2) is 4.31 Å². The molecule has 2 aromatic rings. The number of carbonyl (C=O) groups excluding carboxylic acids is 1. The van der Waals surface area contributed by atoms with Gasteiger partial charge >= 0.3 is 10.2 Å². The highest BCUT2D eigenvalue weighted by atomic mass is 32.2. The van der Waals surface area contributed by atoms with Crippen molar-refractivity contribution in [3.8, 4) is 0 Å². The van der Waals surface area contributed by atoms with E-state index in [-0.39, 0.29) is 11.9 Å². The number of carbonyl (C=O) groups is 1. The molecule has 2 aliphatic rings. The molecule has 1 aromatic heterocycles. The van der Waals surface area contributed by atoms with E-state index in [1.807, 2.05) is 30.3 Å². The molecule has 8 nitrogen and oxygen atoms in total. The van der Waals surface area contributed by atoms with E-state index in [1.54, 1.807) is 23.7 Å². The lowest BCUT2D eigenvalue weighted by molar-refractivity contribution is -0.122. The molecule has 1 fully saturated rings. The summed E-state index contributed by atoms with van der Waals surface area (Å²) >= 11 is 0. The minimum Gasteiger partial charge on any atom is -0.467 e. The molecule has 3 heterocycles. The molecule has 9 heteroatoms. The van der Waals surface area contributed by atoms with Gasteiger partial charge in [0.25, 0.3) is 0 Å². The lowest BCUT2D eigenvalue weighted by Gasteiger charge is -2.36. The predicted octanol–water partition coefficient (Wildman–Crippen LogP) is 1.56. The Hall–Kier alpha value is -2.52. The lowest BCUT2D eigenvalue weighted by Crippen LogP contribution is -2.50. The van der Waals surface area contributed by atoms with E-state index in [0.29, 0.717) is 50.5 Å². The first-order valence-electron chi connectivity index (χ1n) is 9.35. The second-order valence-electron chi connectivity index (χ2n) is 7.12. The van der Waals surface area contributed by atoms with Crippen molar-refractivity contribution in [1.82, 2.24) is 10.2 Å². The molecule has 1 aromatic carbocycles. The molecule has 1 N–H and O–H groups in total. The van der Waals surface area contributed by atoms with Crippen LogP contribution >= 0.6 is 0 Å². The first-order valence-corrected chi connectivity index (χ1v) is 10.8. The molecule has 0 aliphatic carbocycles. The van der Waals surface area contributed by atoms with Gasteiger partial charge in [-0.3, -0.25) is 14.0 Å². The molecular weight excluding hydrogens is 380 g/mol. The minimum atomic E-state index is -3.54. The van der Waals surface area contributed by atoms with Crippen molar-refractivity contribution in [2.75, 3.05) is 35.3 Å². The maximum Gasteiger partial charge on any atom is 0.326 e. The van der Waals surface area contributed by atoms with Gasteiger partial charge in [0.2, 0.25) is 5.91 Å². The van der Waals surface area contributed by atoms with Gasteiger partial charge in [-0.1, -0.05) is 12.1 Å². The lowest BCUT2D eigenvalue weighted by atomic mass is 10.0. The van der Waals surface area contributed by atoms with Crippen molar-refractivity contribution in [2.24, 2.45) is 0 Å². The van der Waals surface area contributed by atoms with E-state index < -0.39 is 10.2 Å². The van der Waals surface area contributed by atoms with Crippen LogP contribution in [0.4, 0.5) is 11.4 Å². The fourth-order valence-corrected chi connectivity index (χ4v) is 5.51. The topological polar surface area (TPSA) is 86.1 Å². The van der Waals surface area contributed by atoms with Crippen molar-refractivity contribution < 1.29 is 17.6 Å². The second-order valence-corrected chi connectivity index (χ2v) is 8.96. The molecule has 0 bridgehead atoms. The maximum absolute atomic E-state index is 12.9. The van der Waals surface area contributed by atoms with Gasteiger partial charge in [0, 0.05) is 26.2 Å². The summed E-state index contributed by atoms with van der Waals surface area (Å²) in [6, 6.07) is 10.9. The number of likely N-dealkylation sites (tertiary alicyclic amines) is 1. The van der Waals surface area contributed by atoms with E-state index in [0.717, 1.165) is 5.69 Å². The molecule has 28 heavy (non-hydrogen) atoms. The first-order chi connectivity index (χ1) is 13.5. The predicted molar refractivity (Wildman–Crippen MR) is 106 cm³/mol. The van der Waals surface area contributed by atoms with Crippen LogP contribution in [0.5, 0.6) is 0 Å². The number of nitrogens with zero attached hydrogens (tertiary/aromatic N) is 3. The number of furan rings is 1. The van der Waals surface area contributed by atoms with E-state index in [1.165, 1.54) is 4.31 Å². The number of piperidine rings is 1. The molecule has 1 amide bonds. The van der Waals surface area contributed by atoms with Crippen molar-refractivity contribution in [1.29, 1.82) is 0 Å². The molecule has 0 atom stereocenters. The van der Waals surface area contributed by atoms with Crippen LogP contribution in [0.25, 0.3) is 0 Å². The van der Waals surface area contributed by atoms with Gasteiger partial charge in [-0.15, -0.1) is 0 Å². The molecule has 0 radical (unpaired) electrons. The Labute approximate surface area is 164 Å². The SMILES string of the molecule is CN1c2ccccc2N(C2CCN(CC(=O)NCc3ccco3)CC2)S1(=O)=O. The van der Waals surface area contributed by atoms with Crippen LogP contribution in [0.15, 0.2) is 47.1 Å². The van der Waals surface area contributed by atoms with Crippen LogP contribution in [-0.4, -0.2) is 51.9 Å². The van der Waals surface area contributed by atoms with Crippen molar-refractivity contribution >= 4 is 27.5 Å². The first kappa shape index (κ1) is 18.8. The zero-order valence-corrected chi connectivity index (χ0v) is 16.6. The molecule has 1 saturated heterocycles. The standard InChI is InChI=1S/C19H24N4O4S/c1-21-17-6-2-3-7-18(17)23(28(21,25)26)15-8-10-22(11-9-15)14-19(24)20-13-16-5-4-12-27-16/h2-7,12,15H,8-11,13-14H2,1H3,(H,20,24). The summed E-state index contributed by atoms with van der Waals surface area (Å²) in [6.45, 7) is 2.03. The third kappa shape index (κ3) is 3.47. The van der Waals surface area contributed by atoms with Gasteiger partial charge in [0.1, 0.15) is 5.76 Å². The zero-order chi connectivity index (χ0) is 19.7. The summed E-state index contributed by atoms with van der Waals surface area (Å²) in [5.41, 5.74) is 1.45. The van der Waals surface area contributed by atoms with Crippen molar-refractivity contribution in [3.05, 3.63) is 48.4 Å². The molecule has 0 spiro atoms. The number of anilines is 2. The number of benzene rings is 1. The molecule has 0 saturated carbocycles. The maximum atomic E-state index is 12.9. The van der Waals surface area contributed by atoms with Crippen LogP contribution in [0.1, 0.15) is 18.6 Å². The monoisotopic (exact) mass is 404 g/mol. The number of fused-ring (bicyclic) bond motifs is 1. The van der Waals surface area contributed by atoms with E-state index >= 15 is 0 Å². The average Bonchev–Trinajstić information content (AvgIpc) is 3.27. The Morgan fingerprint density at radius 1 is 1.14 bits per heavy atom. The van der Waals surface area contributed by atoms with Crippen molar-refractivity contribution in [2.45, 2.75) is 25.4 Å².